The first-order valence-corrected chi connectivity index (χ1v) is 10.2. The first-order valence-electron chi connectivity index (χ1n) is 8.23. The molecule has 8 nitrogen and oxygen atoms in total. The lowest BCUT2D eigenvalue weighted by Crippen LogP contribution is -2.34. The normalized spacial score (nSPS) is 13.5. The Balaban J connectivity index is 1.89. The van der Waals surface area contributed by atoms with Crippen LogP contribution in [0.3, 0.4) is 0 Å². The van der Waals surface area contributed by atoms with Crippen molar-refractivity contribution in [3.63, 3.8) is 0 Å². The van der Waals surface area contributed by atoms with Crippen molar-refractivity contribution in [2.45, 2.75) is 37.5 Å². The van der Waals surface area contributed by atoms with Crippen molar-refractivity contribution in [2.24, 2.45) is 0 Å². The number of hydrogen-bond acceptors (Lipinski definition) is 7. The van der Waals surface area contributed by atoms with Crippen LogP contribution < -0.4 is 0 Å². The minimum atomic E-state index is -0.541. The van der Waals surface area contributed by atoms with Crippen LogP contribution >= 0.6 is 35.0 Å². The topological polar surface area (TPSA) is 101 Å². The first-order chi connectivity index (χ1) is 13.0. The maximum atomic E-state index is 13.1. The molecule has 1 fully saturated rings. The summed E-state index contributed by atoms with van der Waals surface area (Å²) in [6.07, 6.45) is 4.89. The highest BCUT2D eigenvalue weighted by Crippen LogP contribution is 2.33. The summed E-state index contributed by atoms with van der Waals surface area (Å²) in [7, 11) is 0. The summed E-state index contributed by atoms with van der Waals surface area (Å²) in [6, 6.07) is 0.0307. The number of aromatic nitrogens is 4. The molecule has 0 aromatic carbocycles. The van der Waals surface area contributed by atoms with Crippen LogP contribution in [0.15, 0.2) is 11.5 Å². The van der Waals surface area contributed by atoms with Gasteiger partial charge in [0.25, 0.3) is 5.91 Å². The number of H-pyrrole nitrogens is 1. The predicted octanol–water partition coefficient (Wildman–Crippen LogP) is 3.21. The van der Waals surface area contributed by atoms with E-state index in [-0.39, 0.29) is 46.7 Å². The third-order valence-electron chi connectivity index (χ3n) is 3.96. The van der Waals surface area contributed by atoms with Crippen molar-refractivity contribution >= 4 is 46.8 Å². The number of thioether (sulfide) groups is 1. The number of hydrogen-bond donors (Lipinski definition) is 1. The SMILES string of the molecule is CCOC(=O)c1nc[nH]c1CN(C(=O)c1c(Cl)nc(SC)nc1Cl)C1CC1. The molecule has 1 amide bonds. The van der Waals surface area contributed by atoms with Gasteiger partial charge in [0.15, 0.2) is 10.9 Å². The average Bonchev–Trinajstić information content (AvgIpc) is 3.36. The number of nitrogens with zero attached hydrogens (tertiary/aromatic N) is 4. The lowest BCUT2D eigenvalue weighted by molar-refractivity contribution is 0.0514. The molecule has 0 unspecified atom stereocenters. The molecular weight excluding hydrogens is 413 g/mol. The first kappa shape index (κ1) is 19.9. The molecule has 0 atom stereocenters. The van der Waals surface area contributed by atoms with Gasteiger partial charge in [-0.25, -0.2) is 19.7 Å². The van der Waals surface area contributed by atoms with Gasteiger partial charge in [-0.2, -0.15) is 0 Å². The predicted molar refractivity (Wildman–Crippen MR) is 101 cm³/mol. The molecule has 144 valence electrons. The monoisotopic (exact) mass is 429 g/mol. The van der Waals surface area contributed by atoms with Gasteiger partial charge in [0.1, 0.15) is 15.9 Å². The zero-order valence-corrected chi connectivity index (χ0v) is 17.0. The molecule has 0 spiro atoms. The third-order valence-corrected chi connectivity index (χ3v) is 5.06. The van der Waals surface area contributed by atoms with E-state index in [1.165, 1.54) is 18.1 Å². The molecule has 3 rings (SSSR count). The number of amides is 1. The number of esters is 1. The highest BCUT2D eigenvalue weighted by Gasteiger charge is 2.36. The van der Waals surface area contributed by atoms with Crippen molar-refractivity contribution in [3.8, 4) is 0 Å². The summed E-state index contributed by atoms with van der Waals surface area (Å²) < 4.78 is 5.00. The van der Waals surface area contributed by atoms with Crippen LogP contribution in [0.4, 0.5) is 0 Å². The number of rotatable bonds is 7. The summed E-state index contributed by atoms with van der Waals surface area (Å²) in [5, 5.41) is 0.396. The molecule has 2 aromatic rings. The second kappa shape index (κ2) is 8.45. The number of imidazole rings is 1. The largest absolute Gasteiger partial charge is 0.461 e. The molecular formula is C16H17Cl2N5O3S. The van der Waals surface area contributed by atoms with E-state index in [1.807, 2.05) is 0 Å². The van der Waals surface area contributed by atoms with E-state index in [4.69, 9.17) is 27.9 Å². The fourth-order valence-electron chi connectivity index (χ4n) is 2.54. The van der Waals surface area contributed by atoms with Gasteiger partial charge in [0, 0.05) is 6.04 Å². The van der Waals surface area contributed by atoms with Crippen LogP contribution in [0.2, 0.25) is 10.3 Å². The van der Waals surface area contributed by atoms with E-state index < -0.39 is 5.97 Å². The van der Waals surface area contributed by atoms with E-state index in [9.17, 15) is 9.59 Å². The lowest BCUT2D eigenvalue weighted by Gasteiger charge is -2.23. The van der Waals surface area contributed by atoms with Gasteiger partial charge in [0.05, 0.1) is 25.2 Å². The van der Waals surface area contributed by atoms with E-state index in [0.717, 1.165) is 12.8 Å². The summed E-state index contributed by atoms with van der Waals surface area (Å²) >= 11 is 13.7. The molecule has 1 saturated carbocycles. The average molecular weight is 430 g/mol. The van der Waals surface area contributed by atoms with Crippen LogP contribution in [0, 0.1) is 0 Å². The van der Waals surface area contributed by atoms with Gasteiger partial charge < -0.3 is 14.6 Å². The fraction of sp³-hybridized carbons (Fsp3) is 0.438. The van der Waals surface area contributed by atoms with Crippen molar-refractivity contribution in [3.05, 3.63) is 33.6 Å². The summed E-state index contributed by atoms with van der Waals surface area (Å²) in [5.74, 6) is -0.926. The maximum Gasteiger partial charge on any atom is 0.358 e. The Hall–Kier alpha value is -1.84. The van der Waals surface area contributed by atoms with E-state index in [2.05, 4.69) is 19.9 Å². The van der Waals surface area contributed by atoms with Gasteiger partial charge in [-0.1, -0.05) is 35.0 Å². The number of ether oxygens (including phenoxy) is 1. The number of nitrogens with one attached hydrogen (secondary N) is 1. The molecule has 11 heteroatoms. The lowest BCUT2D eigenvalue weighted by atomic mass is 10.2. The molecule has 2 heterocycles. The van der Waals surface area contributed by atoms with E-state index in [0.29, 0.717) is 10.9 Å². The van der Waals surface area contributed by atoms with Gasteiger partial charge in [-0.15, -0.1) is 0 Å². The summed E-state index contributed by atoms with van der Waals surface area (Å²) in [6.45, 7) is 2.10. The van der Waals surface area contributed by atoms with Crippen molar-refractivity contribution in [2.75, 3.05) is 12.9 Å². The maximum absolute atomic E-state index is 13.1. The molecule has 1 aliphatic rings. The Bertz CT molecular complexity index is 848. The Kier molecular flexibility index (Phi) is 6.23. The molecule has 2 aromatic heterocycles. The molecule has 1 aliphatic carbocycles. The van der Waals surface area contributed by atoms with Crippen LogP contribution in [-0.2, 0) is 11.3 Å². The number of halogens is 2. The molecule has 0 radical (unpaired) electrons. The van der Waals surface area contributed by atoms with Gasteiger partial charge in [-0.3, -0.25) is 4.79 Å². The molecule has 27 heavy (non-hydrogen) atoms. The third kappa shape index (κ3) is 4.36. The Labute approximate surface area is 170 Å². The molecule has 0 bridgehead atoms. The Morgan fingerprint density at radius 2 is 2.00 bits per heavy atom. The number of aromatic amines is 1. The van der Waals surface area contributed by atoms with Crippen molar-refractivity contribution in [1.82, 2.24) is 24.8 Å². The number of carbonyl (C=O) groups excluding carboxylic acids is 2. The zero-order chi connectivity index (χ0) is 19.6. The fourth-order valence-corrected chi connectivity index (χ4v) is 3.56. The molecule has 0 aliphatic heterocycles. The second-order valence-corrected chi connectivity index (χ2v) is 7.27. The van der Waals surface area contributed by atoms with Crippen LogP contribution in [0.5, 0.6) is 0 Å². The van der Waals surface area contributed by atoms with Crippen LogP contribution in [0.25, 0.3) is 0 Å². The standard InChI is InChI=1S/C16H17Cl2N5O3S/c1-3-26-15(25)11-9(19-7-20-11)6-23(8-4-5-8)14(24)10-12(17)21-16(27-2)22-13(10)18/h7-8H,3-6H2,1-2H3,(H,19,20). The highest BCUT2D eigenvalue weighted by molar-refractivity contribution is 7.98. The van der Waals surface area contributed by atoms with Crippen molar-refractivity contribution in [1.29, 1.82) is 0 Å². The summed E-state index contributed by atoms with van der Waals surface area (Å²) in [4.78, 5) is 41.9. The van der Waals surface area contributed by atoms with Crippen LogP contribution in [-0.4, -0.2) is 55.6 Å². The minimum absolute atomic E-state index is 0.00484. The Morgan fingerprint density at radius 1 is 1.33 bits per heavy atom. The smallest absolute Gasteiger partial charge is 0.358 e. The van der Waals surface area contributed by atoms with Gasteiger partial charge in [-0.05, 0) is 26.0 Å². The second-order valence-electron chi connectivity index (χ2n) is 5.78. The van der Waals surface area contributed by atoms with Gasteiger partial charge in [0.2, 0.25) is 0 Å². The number of carbonyl (C=O) groups is 2. The molecule has 1 N–H and O–H groups in total. The van der Waals surface area contributed by atoms with Crippen LogP contribution in [0.1, 0.15) is 46.3 Å². The van der Waals surface area contributed by atoms with Gasteiger partial charge >= 0.3 is 5.97 Å². The molecule has 0 saturated heterocycles. The highest BCUT2D eigenvalue weighted by atomic mass is 35.5. The van der Waals surface area contributed by atoms with E-state index in [1.54, 1.807) is 18.1 Å². The Morgan fingerprint density at radius 3 is 2.56 bits per heavy atom. The minimum Gasteiger partial charge on any atom is -0.461 e. The van der Waals surface area contributed by atoms with Crippen molar-refractivity contribution < 1.29 is 14.3 Å². The quantitative estimate of drug-likeness (QED) is 0.312. The zero-order valence-electron chi connectivity index (χ0n) is 14.7. The summed E-state index contributed by atoms with van der Waals surface area (Å²) in [5.41, 5.74) is 0.698. The van der Waals surface area contributed by atoms with E-state index >= 15 is 0 Å².